The van der Waals surface area contributed by atoms with Gasteiger partial charge in [-0.15, -0.1) is 0 Å². The normalized spacial score (nSPS) is 18.5. The lowest BCUT2D eigenvalue weighted by molar-refractivity contribution is 0.195. The Bertz CT molecular complexity index is 809. The summed E-state index contributed by atoms with van der Waals surface area (Å²) in [6, 6.07) is 14.8. The first-order chi connectivity index (χ1) is 12.3. The molecule has 0 spiro atoms. The van der Waals surface area contributed by atoms with Gasteiger partial charge in [-0.2, -0.15) is 0 Å². The fraction of sp³-hybridized carbons (Fsp3) is 0.381. The number of aromatic nitrogens is 2. The number of nitrogens with zero attached hydrogens (tertiary/aromatic N) is 2. The summed E-state index contributed by atoms with van der Waals surface area (Å²) in [4.78, 5) is 10.5. The molecule has 25 heavy (non-hydrogen) atoms. The van der Waals surface area contributed by atoms with E-state index in [0.717, 1.165) is 31.0 Å². The van der Waals surface area contributed by atoms with E-state index >= 15 is 0 Å². The van der Waals surface area contributed by atoms with Crippen molar-refractivity contribution in [1.29, 1.82) is 0 Å². The van der Waals surface area contributed by atoms with Crippen LogP contribution in [0.4, 0.5) is 0 Å². The summed E-state index contributed by atoms with van der Waals surface area (Å²) in [6.07, 6.45) is 4.31. The molecule has 1 N–H and O–H groups in total. The van der Waals surface area contributed by atoms with Crippen molar-refractivity contribution in [2.75, 3.05) is 19.7 Å². The van der Waals surface area contributed by atoms with E-state index in [1.54, 1.807) is 0 Å². The maximum Gasteiger partial charge on any atom is 0.137 e. The van der Waals surface area contributed by atoms with E-state index in [2.05, 4.69) is 45.2 Å². The SMILES string of the molecule is CCOc1ccccc1CN1CCC[C@H](c2cc3cccnc3[nH]2)C1. The zero-order valence-corrected chi connectivity index (χ0v) is 14.7. The average Bonchev–Trinajstić information content (AvgIpc) is 3.08. The smallest absolute Gasteiger partial charge is 0.137 e. The number of nitrogens with one attached hydrogen (secondary N) is 1. The van der Waals surface area contributed by atoms with Gasteiger partial charge in [-0.3, -0.25) is 4.90 Å². The molecule has 0 unspecified atom stereocenters. The van der Waals surface area contributed by atoms with Gasteiger partial charge in [0.15, 0.2) is 0 Å². The first-order valence-corrected chi connectivity index (χ1v) is 9.20. The number of H-pyrrole nitrogens is 1. The second kappa shape index (κ2) is 7.28. The molecule has 130 valence electrons. The van der Waals surface area contributed by atoms with E-state index < -0.39 is 0 Å². The number of ether oxygens (including phenoxy) is 1. The van der Waals surface area contributed by atoms with Crippen LogP contribution in [0.3, 0.4) is 0 Å². The molecule has 3 aromatic rings. The number of pyridine rings is 1. The van der Waals surface area contributed by atoms with Crippen molar-refractivity contribution in [3.8, 4) is 5.75 Å². The Morgan fingerprint density at radius 1 is 1.24 bits per heavy atom. The molecule has 1 atom stereocenters. The van der Waals surface area contributed by atoms with Gasteiger partial charge >= 0.3 is 0 Å². The van der Waals surface area contributed by atoms with E-state index in [9.17, 15) is 0 Å². The third kappa shape index (κ3) is 3.54. The van der Waals surface area contributed by atoms with Crippen LogP contribution in [0.15, 0.2) is 48.7 Å². The van der Waals surface area contributed by atoms with Crippen molar-refractivity contribution in [2.45, 2.75) is 32.2 Å². The van der Waals surface area contributed by atoms with Crippen molar-refractivity contribution in [3.63, 3.8) is 0 Å². The van der Waals surface area contributed by atoms with E-state index in [0.29, 0.717) is 12.5 Å². The van der Waals surface area contributed by atoms with Crippen molar-refractivity contribution in [1.82, 2.24) is 14.9 Å². The molecule has 1 aliphatic heterocycles. The van der Waals surface area contributed by atoms with Crippen LogP contribution >= 0.6 is 0 Å². The fourth-order valence-electron chi connectivity index (χ4n) is 3.82. The zero-order valence-electron chi connectivity index (χ0n) is 14.7. The highest BCUT2D eigenvalue weighted by Crippen LogP contribution is 2.30. The number of piperidine rings is 1. The molecule has 0 saturated carbocycles. The Hall–Kier alpha value is -2.33. The molecular weight excluding hydrogens is 310 g/mol. The first-order valence-electron chi connectivity index (χ1n) is 9.20. The highest BCUT2D eigenvalue weighted by Gasteiger charge is 2.23. The monoisotopic (exact) mass is 335 g/mol. The van der Waals surface area contributed by atoms with E-state index in [1.807, 2.05) is 25.3 Å². The van der Waals surface area contributed by atoms with Gasteiger partial charge in [0, 0.05) is 41.8 Å². The number of fused-ring (bicyclic) bond motifs is 1. The molecular formula is C21H25N3O. The summed E-state index contributed by atoms with van der Waals surface area (Å²) in [5, 5.41) is 1.20. The van der Waals surface area contributed by atoms with Crippen LogP contribution in [0.2, 0.25) is 0 Å². The predicted molar refractivity (Wildman–Crippen MR) is 101 cm³/mol. The second-order valence-corrected chi connectivity index (χ2v) is 6.78. The van der Waals surface area contributed by atoms with Crippen LogP contribution in [0, 0.1) is 0 Å². The van der Waals surface area contributed by atoms with Crippen LogP contribution in [0.25, 0.3) is 11.0 Å². The van der Waals surface area contributed by atoms with Gasteiger partial charge in [0.2, 0.25) is 0 Å². The van der Waals surface area contributed by atoms with Crippen LogP contribution in [-0.2, 0) is 6.54 Å². The van der Waals surface area contributed by atoms with Crippen molar-refractivity contribution < 1.29 is 4.74 Å². The molecule has 1 fully saturated rings. The summed E-state index contributed by atoms with van der Waals surface area (Å²) in [5.41, 5.74) is 3.59. The first kappa shape index (κ1) is 16.2. The van der Waals surface area contributed by atoms with Crippen LogP contribution in [0.1, 0.15) is 36.9 Å². The predicted octanol–water partition coefficient (Wildman–Crippen LogP) is 4.34. The zero-order chi connectivity index (χ0) is 17.1. The van der Waals surface area contributed by atoms with Crippen molar-refractivity contribution in [2.24, 2.45) is 0 Å². The molecule has 0 aliphatic carbocycles. The summed E-state index contributed by atoms with van der Waals surface area (Å²) in [6.45, 7) is 5.92. The molecule has 1 saturated heterocycles. The molecule has 0 bridgehead atoms. The highest BCUT2D eigenvalue weighted by atomic mass is 16.5. The number of aromatic amines is 1. The number of likely N-dealkylation sites (tertiary alicyclic amines) is 1. The van der Waals surface area contributed by atoms with Gasteiger partial charge in [0.1, 0.15) is 11.4 Å². The minimum absolute atomic E-state index is 0.544. The molecule has 4 rings (SSSR count). The summed E-state index contributed by atoms with van der Waals surface area (Å²) >= 11 is 0. The third-order valence-electron chi connectivity index (χ3n) is 5.02. The van der Waals surface area contributed by atoms with E-state index in [4.69, 9.17) is 4.74 Å². The number of para-hydroxylation sites is 1. The summed E-state index contributed by atoms with van der Waals surface area (Å²) in [7, 11) is 0. The van der Waals surface area contributed by atoms with Gasteiger partial charge in [0.05, 0.1) is 6.61 Å². The average molecular weight is 335 g/mol. The summed E-state index contributed by atoms with van der Waals surface area (Å²) in [5.74, 6) is 1.56. The Labute approximate surface area is 148 Å². The van der Waals surface area contributed by atoms with Gasteiger partial charge < -0.3 is 9.72 Å². The van der Waals surface area contributed by atoms with Crippen LogP contribution < -0.4 is 4.74 Å². The maximum absolute atomic E-state index is 5.79. The number of rotatable bonds is 5. The Morgan fingerprint density at radius 3 is 3.04 bits per heavy atom. The fourth-order valence-corrected chi connectivity index (χ4v) is 3.82. The molecule has 3 heterocycles. The molecule has 2 aromatic heterocycles. The molecule has 0 amide bonds. The summed E-state index contributed by atoms with van der Waals surface area (Å²) < 4.78 is 5.79. The van der Waals surface area contributed by atoms with Crippen molar-refractivity contribution >= 4 is 11.0 Å². The topological polar surface area (TPSA) is 41.1 Å². The van der Waals surface area contributed by atoms with Crippen LogP contribution in [-0.4, -0.2) is 34.6 Å². The molecule has 1 aliphatic rings. The Kier molecular flexibility index (Phi) is 4.70. The van der Waals surface area contributed by atoms with Gasteiger partial charge in [-0.05, 0) is 50.6 Å². The van der Waals surface area contributed by atoms with Crippen LogP contribution in [0.5, 0.6) is 5.75 Å². The molecule has 4 heteroatoms. The molecule has 0 radical (unpaired) electrons. The minimum atomic E-state index is 0.544. The van der Waals surface area contributed by atoms with E-state index in [1.165, 1.54) is 29.5 Å². The third-order valence-corrected chi connectivity index (χ3v) is 5.02. The molecule has 1 aromatic carbocycles. The quantitative estimate of drug-likeness (QED) is 0.754. The lowest BCUT2D eigenvalue weighted by Gasteiger charge is -2.32. The largest absolute Gasteiger partial charge is 0.494 e. The highest BCUT2D eigenvalue weighted by molar-refractivity contribution is 5.76. The Morgan fingerprint density at radius 2 is 2.16 bits per heavy atom. The van der Waals surface area contributed by atoms with E-state index in [-0.39, 0.29) is 0 Å². The number of benzene rings is 1. The van der Waals surface area contributed by atoms with Gasteiger partial charge in [0.25, 0.3) is 0 Å². The van der Waals surface area contributed by atoms with Gasteiger partial charge in [-0.1, -0.05) is 18.2 Å². The van der Waals surface area contributed by atoms with Crippen molar-refractivity contribution in [3.05, 3.63) is 59.9 Å². The van der Waals surface area contributed by atoms with Gasteiger partial charge in [-0.25, -0.2) is 4.98 Å². The second-order valence-electron chi connectivity index (χ2n) is 6.78. The standard InChI is InChI=1S/C21H25N3O/c1-2-25-20-10-4-3-7-18(20)15-24-12-6-9-17(14-24)19-13-16-8-5-11-22-21(16)23-19/h3-5,7-8,10-11,13,17H,2,6,9,12,14-15H2,1H3,(H,22,23)/t17-/m0/s1. The Balaban J connectivity index is 1.49. The number of hydrogen-bond donors (Lipinski definition) is 1. The number of hydrogen-bond acceptors (Lipinski definition) is 3. The lowest BCUT2D eigenvalue weighted by Crippen LogP contribution is -2.34. The lowest BCUT2D eigenvalue weighted by atomic mass is 9.94. The minimum Gasteiger partial charge on any atom is -0.494 e. The maximum atomic E-state index is 5.79. The molecule has 4 nitrogen and oxygen atoms in total.